The SMILES string of the molecule is OCC(O)C(O)C(O)C(O)CNCCCc1ccc2ccccc2c1. The number of nitrogens with one attached hydrogen (secondary N) is 1. The number of aliphatic hydroxyl groups is 5. The zero-order chi connectivity index (χ0) is 18.2. The lowest BCUT2D eigenvalue weighted by Crippen LogP contribution is -2.49. The molecule has 4 unspecified atom stereocenters. The molecule has 0 amide bonds. The molecule has 0 aliphatic heterocycles. The molecule has 6 heteroatoms. The Hall–Kier alpha value is -1.54. The minimum absolute atomic E-state index is 0.0914. The maximum absolute atomic E-state index is 9.80. The summed E-state index contributed by atoms with van der Waals surface area (Å²) in [5.74, 6) is 0. The Balaban J connectivity index is 1.70. The number of hydrogen-bond acceptors (Lipinski definition) is 6. The number of rotatable bonds is 10. The molecule has 6 nitrogen and oxygen atoms in total. The third kappa shape index (κ3) is 5.74. The predicted molar refractivity (Wildman–Crippen MR) is 96.3 cm³/mol. The van der Waals surface area contributed by atoms with Crippen molar-refractivity contribution in [3.8, 4) is 0 Å². The van der Waals surface area contributed by atoms with Crippen LogP contribution in [0.3, 0.4) is 0 Å². The summed E-state index contributed by atoms with van der Waals surface area (Å²) in [7, 11) is 0. The molecule has 138 valence electrons. The summed E-state index contributed by atoms with van der Waals surface area (Å²) in [5.41, 5.74) is 1.24. The van der Waals surface area contributed by atoms with Gasteiger partial charge in [0.05, 0.1) is 12.7 Å². The van der Waals surface area contributed by atoms with Gasteiger partial charge < -0.3 is 30.8 Å². The largest absolute Gasteiger partial charge is 0.394 e. The smallest absolute Gasteiger partial charge is 0.111 e. The molecule has 0 saturated heterocycles. The van der Waals surface area contributed by atoms with Crippen molar-refractivity contribution in [1.29, 1.82) is 0 Å². The van der Waals surface area contributed by atoms with Crippen molar-refractivity contribution >= 4 is 10.8 Å². The third-order valence-electron chi connectivity index (χ3n) is 4.31. The Kier molecular flexibility index (Phi) is 7.77. The zero-order valence-electron chi connectivity index (χ0n) is 14.1. The van der Waals surface area contributed by atoms with Crippen LogP contribution in [0.1, 0.15) is 12.0 Å². The first-order valence-electron chi connectivity index (χ1n) is 8.54. The molecule has 0 aromatic heterocycles. The Bertz CT molecular complexity index is 651. The van der Waals surface area contributed by atoms with Crippen molar-refractivity contribution in [3.05, 3.63) is 48.0 Å². The topological polar surface area (TPSA) is 113 Å². The molecule has 0 aliphatic carbocycles. The van der Waals surface area contributed by atoms with E-state index in [9.17, 15) is 20.4 Å². The molecule has 2 rings (SSSR count). The van der Waals surface area contributed by atoms with Gasteiger partial charge in [0.15, 0.2) is 0 Å². The van der Waals surface area contributed by atoms with Gasteiger partial charge in [-0.2, -0.15) is 0 Å². The standard InChI is InChI=1S/C19H27NO5/c21-12-17(23)19(25)18(24)16(22)11-20-9-3-4-13-7-8-14-5-1-2-6-15(14)10-13/h1-2,5-8,10,16-25H,3-4,9,11-12H2. The van der Waals surface area contributed by atoms with Gasteiger partial charge in [0.25, 0.3) is 0 Å². The van der Waals surface area contributed by atoms with Crippen LogP contribution in [0, 0.1) is 0 Å². The molecule has 0 heterocycles. The van der Waals surface area contributed by atoms with Crippen LogP contribution in [-0.2, 0) is 6.42 Å². The summed E-state index contributed by atoms with van der Waals surface area (Å²) in [6.07, 6.45) is -4.05. The highest BCUT2D eigenvalue weighted by Crippen LogP contribution is 2.16. The van der Waals surface area contributed by atoms with Gasteiger partial charge in [-0.1, -0.05) is 42.5 Å². The number of aliphatic hydroxyl groups excluding tert-OH is 5. The number of aryl methyl sites for hydroxylation is 1. The van der Waals surface area contributed by atoms with E-state index in [0.717, 1.165) is 12.8 Å². The van der Waals surface area contributed by atoms with E-state index in [2.05, 4.69) is 35.6 Å². The minimum atomic E-state index is -1.58. The Morgan fingerprint density at radius 2 is 1.52 bits per heavy atom. The first-order chi connectivity index (χ1) is 12.0. The molecule has 0 aliphatic rings. The fraction of sp³-hybridized carbons (Fsp3) is 0.474. The van der Waals surface area contributed by atoms with Crippen molar-refractivity contribution in [2.24, 2.45) is 0 Å². The molecular formula is C19H27NO5. The molecule has 2 aromatic carbocycles. The van der Waals surface area contributed by atoms with Crippen LogP contribution in [0.2, 0.25) is 0 Å². The fourth-order valence-corrected chi connectivity index (χ4v) is 2.75. The van der Waals surface area contributed by atoms with Gasteiger partial charge in [0, 0.05) is 6.54 Å². The molecule has 6 N–H and O–H groups in total. The molecule has 0 radical (unpaired) electrons. The maximum Gasteiger partial charge on any atom is 0.111 e. The van der Waals surface area contributed by atoms with Crippen LogP contribution < -0.4 is 5.32 Å². The van der Waals surface area contributed by atoms with Crippen molar-refractivity contribution in [3.63, 3.8) is 0 Å². The van der Waals surface area contributed by atoms with Crippen LogP contribution in [0.5, 0.6) is 0 Å². The Morgan fingerprint density at radius 1 is 0.840 bits per heavy atom. The monoisotopic (exact) mass is 349 g/mol. The van der Waals surface area contributed by atoms with Crippen molar-refractivity contribution in [2.45, 2.75) is 37.3 Å². The highest BCUT2D eigenvalue weighted by atomic mass is 16.4. The normalized spacial score (nSPS) is 16.5. The van der Waals surface area contributed by atoms with Gasteiger partial charge in [-0.05, 0) is 35.7 Å². The van der Waals surface area contributed by atoms with Crippen molar-refractivity contribution in [2.75, 3.05) is 19.7 Å². The quantitative estimate of drug-likeness (QED) is 0.331. The maximum atomic E-state index is 9.80. The number of benzene rings is 2. The lowest BCUT2D eigenvalue weighted by atomic mass is 10.0. The van der Waals surface area contributed by atoms with Crippen LogP contribution in [0.4, 0.5) is 0 Å². The van der Waals surface area contributed by atoms with E-state index in [1.807, 2.05) is 12.1 Å². The van der Waals surface area contributed by atoms with E-state index in [-0.39, 0.29) is 6.54 Å². The van der Waals surface area contributed by atoms with Crippen LogP contribution in [0.15, 0.2) is 42.5 Å². The summed E-state index contributed by atoms with van der Waals surface area (Å²) < 4.78 is 0. The third-order valence-corrected chi connectivity index (χ3v) is 4.31. The van der Waals surface area contributed by atoms with E-state index in [1.54, 1.807) is 0 Å². The van der Waals surface area contributed by atoms with Gasteiger partial charge >= 0.3 is 0 Å². The van der Waals surface area contributed by atoms with Gasteiger partial charge in [-0.25, -0.2) is 0 Å². The summed E-state index contributed by atoms with van der Waals surface area (Å²) in [6.45, 7) is 0.0630. The molecule has 0 bridgehead atoms. The molecule has 2 aromatic rings. The van der Waals surface area contributed by atoms with E-state index >= 15 is 0 Å². The molecule has 0 saturated carbocycles. The van der Waals surface area contributed by atoms with Crippen LogP contribution in [0.25, 0.3) is 10.8 Å². The fourth-order valence-electron chi connectivity index (χ4n) is 2.75. The summed E-state index contributed by atoms with van der Waals surface area (Å²) in [6, 6.07) is 14.6. The molecule has 0 spiro atoms. The van der Waals surface area contributed by atoms with Gasteiger partial charge in [-0.15, -0.1) is 0 Å². The summed E-state index contributed by atoms with van der Waals surface area (Å²) in [5, 5.41) is 52.5. The average Bonchev–Trinajstić information content (AvgIpc) is 2.65. The highest BCUT2D eigenvalue weighted by molar-refractivity contribution is 5.82. The van der Waals surface area contributed by atoms with Gasteiger partial charge in [-0.3, -0.25) is 0 Å². The summed E-state index contributed by atoms with van der Waals surface area (Å²) >= 11 is 0. The second-order valence-corrected chi connectivity index (χ2v) is 6.29. The van der Waals surface area contributed by atoms with E-state index in [4.69, 9.17) is 5.11 Å². The zero-order valence-corrected chi connectivity index (χ0v) is 14.1. The lowest BCUT2D eigenvalue weighted by Gasteiger charge is -2.25. The highest BCUT2D eigenvalue weighted by Gasteiger charge is 2.29. The van der Waals surface area contributed by atoms with Crippen LogP contribution >= 0.6 is 0 Å². The number of fused-ring (bicyclic) bond motifs is 1. The molecular weight excluding hydrogens is 322 g/mol. The second-order valence-electron chi connectivity index (χ2n) is 6.29. The first kappa shape index (κ1) is 19.8. The van der Waals surface area contributed by atoms with Crippen molar-refractivity contribution in [1.82, 2.24) is 5.32 Å². The summed E-state index contributed by atoms with van der Waals surface area (Å²) in [4.78, 5) is 0. The van der Waals surface area contributed by atoms with E-state index in [1.165, 1.54) is 16.3 Å². The van der Waals surface area contributed by atoms with Crippen LogP contribution in [-0.4, -0.2) is 69.6 Å². The Labute approximate surface area is 147 Å². The Morgan fingerprint density at radius 3 is 2.24 bits per heavy atom. The second kappa shape index (κ2) is 9.82. The minimum Gasteiger partial charge on any atom is -0.394 e. The molecule has 25 heavy (non-hydrogen) atoms. The van der Waals surface area contributed by atoms with E-state index in [0.29, 0.717) is 6.54 Å². The van der Waals surface area contributed by atoms with Gasteiger partial charge in [0.2, 0.25) is 0 Å². The van der Waals surface area contributed by atoms with Gasteiger partial charge in [0.1, 0.15) is 18.3 Å². The molecule has 0 fully saturated rings. The lowest BCUT2D eigenvalue weighted by molar-refractivity contribution is -0.113. The van der Waals surface area contributed by atoms with E-state index < -0.39 is 31.0 Å². The average molecular weight is 349 g/mol. The predicted octanol–water partition coefficient (Wildman–Crippen LogP) is -0.202. The number of hydrogen-bond donors (Lipinski definition) is 6. The molecule has 4 atom stereocenters. The van der Waals surface area contributed by atoms with Crippen molar-refractivity contribution < 1.29 is 25.5 Å². The first-order valence-corrected chi connectivity index (χ1v) is 8.54.